The molecule has 0 bridgehead atoms. The summed E-state index contributed by atoms with van der Waals surface area (Å²) in [6.07, 6.45) is 5.40. The molecule has 0 radical (unpaired) electrons. The fraction of sp³-hybridized carbons (Fsp3) is 0.308. The van der Waals surface area contributed by atoms with Gasteiger partial charge in [0, 0.05) is 0 Å². The number of benzene rings is 1. The van der Waals surface area contributed by atoms with Crippen LogP contribution in [-0.4, -0.2) is 6.29 Å². The number of allylic oxidation sites excluding steroid dienone is 2. The smallest absolute Gasteiger partial charge is 0.146 e. The molecule has 1 heteroatoms. The maximum atomic E-state index is 10.9. The van der Waals surface area contributed by atoms with Gasteiger partial charge in [0.1, 0.15) is 6.29 Å². The number of hydrogen-bond acceptors (Lipinski definition) is 1. The lowest BCUT2D eigenvalue weighted by molar-refractivity contribution is -0.105. The van der Waals surface area contributed by atoms with Gasteiger partial charge in [-0.25, -0.2) is 0 Å². The second-order valence-electron chi connectivity index (χ2n) is 3.69. The summed E-state index contributed by atoms with van der Waals surface area (Å²) in [7, 11) is 0. The molecule has 0 N–H and O–H groups in total. The van der Waals surface area contributed by atoms with Gasteiger partial charge in [0.15, 0.2) is 0 Å². The maximum Gasteiger partial charge on any atom is 0.146 e. The Morgan fingerprint density at radius 3 is 2.43 bits per heavy atom. The van der Waals surface area contributed by atoms with Crippen LogP contribution >= 0.6 is 0 Å². The standard InChI is InChI=1S/C13H14O/c14-10-12-8-4-5-9-13(12)11-6-2-1-3-7-11/h1-3,6-7,10H,4-5,8-9H2. The van der Waals surface area contributed by atoms with Crippen LogP contribution in [0.2, 0.25) is 0 Å². The number of rotatable bonds is 2. The number of hydrogen-bond donors (Lipinski definition) is 0. The number of carbonyl (C=O) groups is 1. The molecule has 72 valence electrons. The molecule has 0 heterocycles. The Bertz CT molecular complexity index is 349. The van der Waals surface area contributed by atoms with Gasteiger partial charge in [-0.05, 0) is 42.4 Å². The van der Waals surface area contributed by atoms with Gasteiger partial charge >= 0.3 is 0 Å². The third kappa shape index (κ3) is 1.77. The molecule has 0 atom stereocenters. The lowest BCUT2D eigenvalue weighted by Crippen LogP contribution is -2.00. The van der Waals surface area contributed by atoms with E-state index in [2.05, 4.69) is 12.1 Å². The highest BCUT2D eigenvalue weighted by Gasteiger charge is 2.12. The topological polar surface area (TPSA) is 17.1 Å². The van der Waals surface area contributed by atoms with Crippen molar-refractivity contribution in [3.05, 3.63) is 41.5 Å². The third-order valence-electron chi connectivity index (χ3n) is 2.78. The number of carbonyl (C=O) groups excluding carboxylic acids is 1. The molecule has 0 amide bonds. The predicted molar refractivity (Wildman–Crippen MR) is 57.9 cm³/mol. The first-order valence-electron chi connectivity index (χ1n) is 5.14. The zero-order valence-electron chi connectivity index (χ0n) is 8.20. The first-order valence-corrected chi connectivity index (χ1v) is 5.14. The first kappa shape index (κ1) is 9.20. The summed E-state index contributed by atoms with van der Waals surface area (Å²) in [5.41, 5.74) is 3.48. The van der Waals surface area contributed by atoms with Gasteiger partial charge in [0.05, 0.1) is 0 Å². The highest BCUT2D eigenvalue weighted by atomic mass is 16.1. The van der Waals surface area contributed by atoms with Crippen LogP contribution in [0.15, 0.2) is 35.9 Å². The molecule has 0 aromatic heterocycles. The second kappa shape index (κ2) is 4.23. The Kier molecular flexibility index (Phi) is 2.78. The molecule has 0 saturated heterocycles. The minimum Gasteiger partial charge on any atom is -0.298 e. The van der Waals surface area contributed by atoms with Crippen LogP contribution in [0.3, 0.4) is 0 Å². The molecule has 1 aromatic carbocycles. The summed E-state index contributed by atoms with van der Waals surface area (Å²) in [5.74, 6) is 0. The van der Waals surface area contributed by atoms with Crippen molar-refractivity contribution in [3.8, 4) is 0 Å². The molecular weight excluding hydrogens is 172 g/mol. The third-order valence-corrected chi connectivity index (χ3v) is 2.78. The van der Waals surface area contributed by atoms with E-state index in [1.165, 1.54) is 17.6 Å². The van der Waals surface area contributed by atoms with Crippen LogP contribution in [0, 0.1) is 0 Å². The summed E-state index contributed by atoms with van der Waals surface area (Å²) in [4.78, 5) is 10.9. The van der Waals surface area contributed by atoms with Gasteiger partial charge < -0.3 is 0 Å². The van der Waals surface area contributed by atoms with E-state index in [1.54, 1.807) is 0 Å². The van der Waals surface area contributed by atoms with Gasteiger partial charge in [-0.15, -0.1) is 0 Å². The fourth-order valence-electron chi connectivity index (χ4n) is 2.03. The molecule has 14 heavy (non-hydrogen) atoms. The van der Waals surface area contributed by atoms with Gasteiger partial charge in [0.2, 0.25) is 0 Å². The summed E-state index contributed by atoms with van der Waals surface area (Å²) in [5, 5.41) is 0. The van der Waals surface area contributed by atoms with E-state index in [9.17, 15) is 4.79 Å². The summed E-state index contributed by atoms with van der Waals surface area (Å²) < 4.78 is 0. The first-order chi connectivity index (χ1) is 6.92. The Balaban J connectivity index is 2.40. The van der Waals surface area contributed by atoms with Gasteiger partial charge in [-0.2, -0.15) is 0 Å². The summed E-state index contributed by atoms with van der Waals surface area (Å²) in [6.45, 7) is 0. The van der Waals surface area contributed by atoms with Crippen LogP contribution < -0.4 is 0 Å². The van der Waals surface area contributed by atoms with Gasteiger partial charge in [-0.3, -0.25) is 4.79 Å². The molecular formula is C13H14O. The lowest BCUT2D eigenvalue weighted by atomic mass is 9.88. The highest BCUT2D eigenvalue weighted by Crippen LogP contribution is 2.30. The van der Waals surface area contributed by atoms with Crippen LogP contribution in [-0.2, 0) is 4.79 Å². The fourth-order valence-corrected chi connectivity index (χ4v) is 2.03. The van der Waals surface area contributed by atoms with Crippen molar-refractivity contribution in [2.45, 2.75) is 25.7 Å². The molecule has 0 unspecified atom stereocenters. The monoisotopic (exact) mass is 186 g/mol. The van der Waals surface area contributed by atoms with Crippen molar-refractivity contribution in [1.82, 2.24) is 0 Å². The SMILES string of the molecule is O=CC1=C(c2ccccc2)CCCC1. The quantitative estimate of drug-likeness (QED) is 0.648. The van der Waals surface area contributed by atoms with E-state index in [-0.39, 0.29) is 0 Å². The van der Waals surface area contributed by atoms with Gasteiger partial charge in [0.25, 0.3) is 0 Å². The van der Waals surface area contributed by atoms with Crippen molar-refractivity contribution in [2.75, 3.05) is 0 Å². The van der Waals surface area contributed by atoms with Crippen molar-refractivity contribution in [3.63, 3.8) is 0 Å². The van der Waals surface area contributed by atoms with E-state index in [0.29, 0.717) is 0 Å². The van der Waals surface area contributed by atoms with Crippen LogP contribution in [0.5, 0.6) is 0 Å². The Hall–Kier alpha value is -1.37. The van der Waals surface area contributed by atoms with E-state index in [1.807, 2.05) is 18.2 Å². The zero-order valence-corrected chi connectivity index (χ0v) is 8.20. The number of aldehydes is 1. The Labute approximate surface area is 84.5 Å². The van der Waals surface area contributed by atoms with Crippen molar-refractivity contribution in [2.24, 2.45) is 0 Å². The molecule has 1 aliphatic rings. The zero-order chi connectivity index (χ0) is 9.80. The molecule has 0 aliphatic heterocycles. The van der Waals surface area contributed by atoms with E-state index in [0.717, 1.165) is 31.1 Å². The normalized spacial score (nSPS) is 16.9. The van der Waals surface area contributed by atoms with E-state index in [4.69, 9.17) is 0 Å². The highest BCUT2D eigenvalue weighted by molar-refractivity contribution is 5.88. The van der Waals surface area contributed by atoms with Crippen molar-refractivity contribution < 1.29 is 4.79 Å². The Morgan fingerprint density at radius 1 is 1.00 bits per heavy atom. The lowest BCUT2D eigenvalue weighted by Gasteiger charge is -2.16. The van der Waals surface area contributed by atoms with Crippen molar-refractivity contribution in [1.29, 1.82) is 0 Å². The molecule has 0 spiro atoms. The molecule has 1 nitrogen and oxygen atoms in total. The molecule has 0 saturated carbocycles. The van der Waals surface area contributed by atoms with E-state index < -0.39 is 0 Å². The molecule has 2 rings (SSSR count). The predicted octanol–water partition coefficient (Wildman–Crippen LogP) is 3.21. The maximum absolute atomic E-state index is 10.9. The van der Waals surface area contributed by atoms with Crippen LogP contribution in [0.1, 0.15) is 31.2 Å². The average molecular weight is 186 g/mol. The molecule has 1 aromatic rings. The van der Waals surface area contributed by atoms with Gasteiger partial charge in [-0.1, -0.05) is 30.3 Å². The summed E-state index contributed by atoms with van der Waals surface area (Å²) in [6, 6.07) is 10.2. The largest absolute Gasteiger partial charge is 0.298 e. The molecule has 1 aliphatic carbocycles. The summed E-state index contributed by atoms with van der Waals surface area (Å²) >= 11 is 0. The molecule has 0 fully saturated rings. The van der Waals surface area contributed by atoms with Crippen LogP contribution in [0.25, 0.3) is 5.57 Å². The van der Waals surface area contributed by atoms with E-state index >= 15 is 0 Å². The minimum atomic E-state index is 0.952. The van der Waals surface area contributed by atoms with Crippen molar-refractivity contribution >= 4 is 11.9 Å². The Morgan fingerprint density at radius 2 is 1.71 bits per heavy atom. The van der Waals surface area contributed by atoms with Crippen LogP contribution in [0.4, 0.5) is 0 Å². The average Bonchev–Trinajstić information content (AvgIpc) is 2.30. The second-order valence-corrected chi connectivity index (χ2v) is 3.69. The minimum absolute atomic E-state index is 0.952.